The van der Waals surface area contributed by atoms with E-state index in [-0.39, 0.29) is 23.1 Å². The Kier molecular flexibility index (Phi) is 4.57. The molecule has 2 amide bonds. The molecule has 0 radical (unpaired) electrons. The SMILES string of the molecule is CC(C)C(NC(=O)C12CC3CC(CC(C3)C1)C2)C(=O)NCc1ccoc1. The van der Waals surface area contributed by atoms with Crippen LogP contribution in [-0.2, 0) is 16.1 Å². The van der Waals surface area contributed by atoms with Crippen molar-refractivity contribution in [2.45, 2.75) is 65.0 Å². The smallest absolute Gasteiger partial charge is 0.243 e. The Balaban J connectivity index is 1.41. The third-order valence-corrected chi connectivity index (χ3v) is 6.80. The molecule has 0 spiro atoms. The van der Waals surface area contributed by atoms with Crippen LogP contribution in [0.3, 0.4) is 0 Å². The molecule has 4 aliphatic carbocycles. The molecular weight excluding hydrogens is 328 g/mol. The van der Waals surface area contributed by atoms with Gasteiger partial charge in [0.05, 0.1) is 12.5 Å². The van der Waals surface area contributed by atoms with Crippen LogP contribution in [-0.4, -0.2) is 17.9 Å². The number of carbonyl (C=O) groups excluding carboxylic acids is 2. The lowest BCUT2D eigenvalue weighted by Gasteiger charge is -2.55. The Bertz CT molecular complexity index is 630. The van der Waals surface area contributed by atoms with Gasteiger partial charge in [0, 0.05) is 17.5 Å². The van der Waals surface area contributed by atoms with Crippen molar-refractivity contribution >= 4 is 11.8 Å². The summed E-state index contributed by atoms with van der Waals surface area (Å²) in [7, 11) is 0. The molecule has 0 aliphatic heterocycles. The number of hydrogen-bond acceptors (Lipinski definition) is 3. The van der Waals surface area contributed by atoms with E-state index in [1.807, 2.05) is 19.9 Å². The lowest BCUT2D eigenvalue weighted by atomic mass is 9.49. The van der Waals surface area contributed by atoms with Gasteiger partial charge in [0.2, 0.25) is 11.8 Å². The molecule has 1 atom stereocenters. The average molecular weight is 358 g/mol. The van der Waals surface area contributed by atoms with Gasteiger partial charge in [-0.3, -0.25) is 9.59 Å². The zero-order chi connectivity index (χ0) is 18.3. The van der Waals surface area contributed by atoms with Crippen molar-refractivity contribution in [1.29, 1.82) is 0 Å². The molecule has 4 fully saturated rings. The van der Waals surface area contributed by atoms with Gasteiger partial charge in [-0.15, -0.1) is 0 Å². The second kappa shape index (κ2) is 6.75. The highest BCUT2D eigenvalue weighted by atomic mass is 16.3. The molecule has 2 N–H and O–H groups in total. The zero-order valence-corrected chi connectivity index (χ0v) is 15.8. The average Bonchev–Trinajstić information content (AvgIpc) is 3.09. The molecule has 142 valence electrons. The van der Waals surface area contributed by atoms with Gasteiger partial charge in [0.1, 0.15) is 6.04 Å². The maximum absolute atomic E-state index is 13.2. The number of nitrogens with one attached hydrogen (secondary N) is 2. The first kappa shape index (κ1) is 17.6. The molecule has 5 rings (SSSR count). The molecule has 26 heavy (non-hydrogen) atoms. The quantitative estimate of drug-likeness (QED) is 0.820. The van der Waals surface area contributed by atoms with E-state index in [1.54, 1.807) is 12.5 Å². The molecule has 4 aliphatic rings. The van der Waals surface area contributed by atoms with Crippen LogP contribution in [0.15, 0.2) is 23.0 Å². The minimum absolute atomic E-state index is 0.0530. The summed E-state index contributed by atoms with van der Waals surface area (Å²) in [5.74, 6) is 2.23. The van der Waals surface area contributed by atoms with Crippen LogP contribution in [0.4, 0.5) is 0 Å². The summed E-state index contributed by atoms with van der Waals surface area (Å²) < 4.78 is 5.04. The maximum Gasteiger partial charge on any atom is 0.243 e. The van der Waals surface area contributed by atoms with Gasteiger partial charge in [0.25, 0.3) is 0 Å². The number of hydrogen-bond donors (Lipinski definition) is 2. The molecule has 0 saturated heterocycles. The normalized spacial score (nSPS) is 33.3. The fourth-order valence-corrected chi connectivity index (χ4v) is 5.91. The van der Waals surface area contributed by atoms with Gasteiger partial charge in [-0.1, -0.05) is 13.8 Å². The van der Waals surface area contributed by atoms with Crippen LogP contribution in [0.1, 0.15) is 57.9 Å². The topological polar surface area (TPSA) is 71.3 Å². The van der Waals surface area contributed by atoms with Gasteiger partial charge >= 0.3 is 0 Å². The maximum atomic E-state index is 13.2. The summed E-state index contributed by atoms with van der Waals surface area (Å²) in [5, 5.41) is 6.06. The van der Waals surface area contributed by atoms with Gasteiger partial charge in [-0.25, -0.2) is 0 Å². The summed E-state index contributed by atoms with van der Waals surface area (Å²) in [6.07, 6.45) is 10.2. The van der Waals surface area contributed by atoms with Crippen molar-refractivity contribution in [3.8, 4) is 0 Å². The standard InChI is InChI=1S/C21H30N2O3/c1-13(2)18(19(24)22-11-14-3-4-26-12-14)23-20(25)21-8-15-5-16(9-21)7-17(6-15)10-21/h3-4,12-13,15-18H,5-11H2,1-2H3,(H,22,24)(H,23,25). The number of amides is 2. The third-order valence-electron chi connectivity index (χ3n) is 6.80. The first-order valence-corrected chi connectivity index (χ1v) is 10.0. The third kappa shape index (κ3) is 3.28. The van der Waals surface area contributed by atoms with E-state index in [9.17, 15) is 9.59 Å². The van der Waals surface area contributed by atoms with Gasteiger partial charge < -0.3 is 15.1 Å². The Morgan fingerprint density at radius 1 is 1.15 bits per heavy atom. The Morgan fingerprint density at radius 3 is 2.27 bits per heavy atom. The van der Waals surface area contributed by atoms with Crippen molar-refractivity contribution in [3.05, 3.63) is 24.2 Å². The van der Waals surface area contributed by atoms with Crippen LogP contribution in [0.2, 0.25) is 0 Å². The van der Waals surface area contributed by atoms with E-state index in [2.05, 4.69) is 10.6 Å². The Labute approximate surface area is 155 Å². The molecular formula is C21H30N2O3. The summed E-state index contributed by atoms with van der Waals surface area (Å²) >= 11 is 0. The van der Waals surface area contributed by atoms with Crippen LogP contribution in [0, 0.1) is 29.1 Å². The summed E-state index contributed by atoms with van der Waals surface area (Å²) in [6, 6.07) is 1.35. The molecule has 1 aromatic rings. The van der Waals surface area contributed by atoms with Crippen LogP contribution in [0.25, 0.3) is 0 Å². The van der Waals surface area contributed by atoms with Crippen molar-refractivity contribution in [2.24, 2.45) is 29.1 Å². The predicted octanol–water partition coefficient (Wildman–Crippen LogP) is 3.25. The van der Waals surface area contributed by atoms with Crippen LogP contribution < -0.4 is 10.6 Å². The lowest BCUT2D eigenvalue weighted by molar-refractivity contribution is -0.149. The monoisotopic (exact) mass is 358 g/mol. The highest BCUT2D eigenvalue weighted by Crippen LogP contribution is 2.60. The molecule has 0 aromatic carbocycles. The largest absolute Gasteiger partial charge is 0.472 e. The highest BCUT2D eigenvalue weighted by molar-refractivity contribution is 5.90. The minimum atomic E-state index is -0.484. The fourth-order valence-electron chi connectivity index (χ4n) is 5.91. The number of carbonyl (C=O) groups is 2. The Hall–Kier alpha value is -1.78. The summed E-state index contributed by atoms with van der Waals surface area (Å²) in [6.45, 7) is 4.40. The van der Waals surface area contributed by atoms with Crippen molar-refractivity contribution in [3.63, 3.8) is 0 Å². The fraction of sp³-hybridized carbons (Fsp3) is 0.714. The molecule has 4 saturated carbocycles. The second-order valence-corrected chi connectivity index (χ2v) is 9.24. The first-order valence-electron chi connectivity index (χ1n) is 10.0. The van der Waals surface area contributed by atoms with Crippen molar-refractivity contribution < 1.29 is 14.0 Å². The van der Waals surface area contributed by atoms with Crippen LogP contribution >= 0.6 is 0 Å². The van der Waals surface area contributed by atoms with E-state index in [0.717, 1.165) is 42.6 Å². The van der Waals surface area contributed by atoms with E-state index in [0.29, 0.717) is 6.54 Å². The second-order valence-electron chi connectivity index (χ2n) is 9.24. The molecule has 1 aromatic heterocycles. The van der Waals surface area contributed by atoms with Gasteiger partial charge in [-0.2, -0.15) is 0 Å². The molecule has 1 heterocycles. The molecule has 1 unspecified atom stereocenters. The lowest BCUT2D eigenvalue weighted by Crippen LogP contribution is -2.58. The number of rotatable bonds is 6. The predicted molar refractivity (Wildman–Crippen MR) is 97.9 cm³/mol. The molecule has 5 heteroatoms. The zero-order valence-electron chi connectivity index (χ0n) is 15.8. The van der Waals surface area contributed by atoms with E-state index in [1.165, 1.54) is 19.3 Å². The van der Waals surface area contributed by atoms with Crippen molar-refractivity contribution in [1.82, 2.24) is 10.6 Å². The molecule has 4 bridgehead atoms. The van der Waals surface area contributed by atoms with E-state index in [4.69, 9.17) is 4.42 Å². The van der Waals surface area contributed by atoms with E-state index >= 15 is 0 Å². The van der Waals surface area contributed by atoms with E-state index < -0.39 is 6.04 Å². The number of furan rings is 1. The first-order chi connectivity index (χ1) is 12.4. The highest BCUT2D eigenvalue weighted by Gasteiger charge is 2.55. The summed E-state index contributed by atoms with van der Waals surface area (Å²) in [5.41, 5.74) is 0.709. The van der Waals surface area contributed by atoms with Crippen LogP contribution in [0.5, 0.6) is 0 Å². The minimum Gasteiger partial charge on any atom is -0.472 e. The van der Waals surface area contributed by atoms with Gasteiger partial charge in [-0.05, 0) is 68.3 Å². The van der Waals surface area contributed by atoms with Crippen molar-refractivity contribution in [2.75, 3.05) is 0 Å². The Morgan fingerprint density at radius 2 is 1.77 bits per heavy atom. The van der Waals surface area contributed by atoms with Gasteiger partial charge in [0.15, 0.2) is 0 Å². The molecule has 5 nitrogen and oxygen atoms in total. The summed E-state index contributed by atoms with van der Waals surface area (Å²) in [4.78, 5) is 25.9.